The van der Waals surface area contributed by atoms with E-state index in [2.05, 4.69) is 15.2 Å². The van der Waals surface area contributed by atoms with Gasteiger partial charge in [0.15, 0.2) is 5.96 Å². The van der Waals surface area contributed by atoms with E-state index in [1.165, 1.54) is 12.1 Å². The number of hydrogen-bond donors (Lipinski definition) is 4. The van der Waals surface area contributed by atoms with Gasteiger partial charge < -0.3 is 16.9 Å². The van der Waals surface area contributed by atoms with Crippen molar-refractivity contribution in [3.05, 3.63) is 65.7 Å². The molecule has 0 bridgehead atoms. The van der Waals surface area contributed by atoms with Crippen molar-refractivity contribution in [2.45, 2.75) is 11.8 Å². The maximum absolute atomic E-state index is 12.1. The zero-order valence-electron chi connectivity index (χ0n) is 14.0. The van der Waals surface area contributed by atoms with Crippen LogP contribution in [0.25, 0.3) is 6.08 Å². The molecule has 2 rings (SSSR count). The van der Waals surface area contributed by atoms with E-state index in [0.29, 0.717) is 11.3 Å². The number of nitrogens with one attached hydrogen (secondary N) is 2. The summed E-state index contributed by atoms with van der Waals surface area (Å²) in [6.45, 7) is 1.59. The first kappa shape index (κ1) is 19.2. The second-order valence-electron chi connectivity index (χ2n) is 5.33. The molecule has 0 aliphatic rings. The molecule has 0 saturated heterocycles. The Labute approximate surface area is 151 Å². The van der Waals surface area contributed by atoms with Crippen LogP contribution in [0.2, 0.25) is 0 Å². The zero-order valence-corrected chi connectivity index (χ0v) is 14.8. The standard InChI is InChI=1S/C17H19N5O3S/c1-12(16(23)20-17(18)19)11-13-7-9-14(10-8-13)21-22-26(24,25)15-5-3-2-4-6-15/h2-11,21-22H,1H3,(H4,18,19,20,23). The van der Waals surface area contributed by atoms with Crippen molar-refractivity contribution in [3.63, 3.8) is 0 Å². The summed E-state index contributed by atoms with van der Waals surface area (Å²) >= 11 is 0. The van der Waals surface area contributed by atoms with Gasteiger partial charge in [-0.15, -0.1) is 4.83 Å². The van der Waals surface area contributed by atoms with Crippen molar-refractivity contribution >= 4 is 33.7 Å². The Morgan fingerprint density at radius 3 is 2.23 bits per heavy atom. The summed E-state index contributed by atoms with van der Waals surface area (Å²) in [5.41, 5.74) is 14.6. The minimum absolute atomic E-state index is 0.154. The number of rotatable bonds is 6. The van der Waals surface area contributed by atoms with Crippen molar-refractivity contribution in [1.29, 1.82) is 0 Å². The van der Waals surface area contributed by atoms with Crippen LogP contribution in [0.15, 0.2) is 70.1 Å². The van der Waals surface area contributed by atoms with Gasteiger partial charge in [-0.25, -0.2) is 8.42 Å². The van der Waals surface area contributed by atoms with Crippen molar-refractivity contribution in [3.8, 4) is 0 Å². The molecule has 0 aliphatic heterocycles. The first-order chi connectivity index (χ1) is 12.3. The largest absolute Gasteiger partial charge is 0.370 e. The molecular weight excluding hydrogens is 354 g/mol. The number of hydrogen-bond acceptors (Lipinski definition) is 4. The lowest BCUT2D eigenvalue weighted by Gasteiger charge is -2.09. The van der Waals surface area contributed by atoms with Crippen LogP contribution < -0.4 is 21.7 Å². The number of nitrogens with zero attached hydrogens (tertiary/aromatic N) is 1. The Balaban J connectivity index is 2.04. The van der Waals surface area contributed by atoms with E-state index >= 15 is 0 Å². The fourth-order valence-electron chi connectivity index (χ4n) is 1.96. The van der Waals surface area contributed by atoms with E-state index in [4.69, 9.17) is 11.5 Å². The molecule has 6 N–H and O–H groups in total. The smallest absolute Gasteiger partial charge is 0.275 e. The molecule has 0 heterocycles. The number of benzene rings is 2. The number of carbonyl (C=O) groups is 1. The van der Waals surface area contributed by atoms with Gasteiger partial charge in [-0.3, -0.25) is 4.79 Å². The fourth-order valence-corrected chi connectivity index (χ4v) is 2.85. The predicted octanol–water partition coefficient (Wildman–Crippen LogP) is 1.20. The number of hydrazine groups is 1. The van der Waals surface area contributed by atoms with Crippen LogP contribution in [-0.2, 0) is 14.8 Å². The number of amides is 1. The Kier molecular flexibility index (Phi) is 6.10. The fraction of sp³-hybridized carbons (Fsp3) is 0.0588. The number of anilines is 1. The Bertz CT molecular complexity index is 932. The Morgan fingerprint density at radius 2 is 1.65 bits per heavy atom. The Hall–Kier alpha value is -3.17. The second kappa shape index (κ2) is 8.28. The van der Waals surface area contributed by atoms with Gasteiger partial charge in [-0.2, -0.15) is 4.99 Å². The molecule has 2 aromatic rings. The van der Waals surface area contributed by atoms with E-state index in [9.17, 15) is 13.2 Å². The molecule has 2 aromatic carbocycles. The van der Waals surface area contributed by atoms with Gasteiger partial charge in [0.1, 0.15) is 0 Å². The molecule has 0 atom stereocenters. The van der Waals surface area contributed by atoms with Crippen LogP contribution >= 0.6 is 0 Å². The average molecular weight is 373 g/mol. The highest BCUT2D eigenvalue weighted by Crippen LogP contribution is 2.14. The van der Waals surface area contributed by atoms with Crippen molar-refractivity contribution in [1.82, 2.24) is 4.83 Å². The lowest BCUT2D eigenvalue weighted by Crippen LogP contribution is -2.29. The molecule has 26 heavy (non-hydrogen) atoms. The molecule has 0 saturated carbocycles. The number of sulfonamides is 1. The average Bonchev–Trinajstić information content (AvgIpc) is 2.61. The molecule has 136 valence electrons. The van der Waals surface area contributed by atoms with Crippen LogP contribution in [0.4, 0.5) is 5.69 Å². The van der Waals surface area contributed by atoms with Crippen LogP contribution in [0, 0.1) is 0 Å². The number of nitrogens with two attached hydrogens (primary N) is 2. The normalized spacial score (nSPS) is 11.7. The summed E-state index contributed by atoms with van der Waals surface area (Å²) in [6.07, 6.45) is 1.62. The molecule has 1 amide bonds. The van der Waals surface area contributed by atoms with Crippen molar-refractivity contribution < 1.29 is 13.2 Å². The highest BCUT2D eigenvalue weighted by Gasteiger charge is 2.12. The molecule has 0 radical (unpaired) electrons. The molecule has 0 spiro atoms. The van der Waals surface area contributed by atoms with Crippen LogP contribution in [0.1, 0.15) is 12.5 Å². The summed E-state index contributed by atoms with van der Waals surface area (Å²) in [5, 5.41) is 0. The van der Waals surface area contributed by atoms with Gasteiger partial charge in [-0.05, 0) is 42.8 Å². The van der Waals surface area contributed by atoms with Gasteiger partial charge in [0, 0.05) is 11.3 Å². The third-order valence-electron chi connectivity index (χ3n) is 3.25. The molecule has 0 aromatic heterocycles. The topological polar surface area (TPSA) is 140 Å². The highest BCUT2D eigenvalue weighted by molar-refractivity contribution is 7.89. The summed E-state index contributed by atoms with van der Waals surface area (Å²) in [5.74, 6) is -0.823. The molecule has 0 aliphatic carbocycles. The molecule has 0 unspecified atom stereocenters. The van der Waals surface area contributed by atoms with Gasteiger partial charge in [-0.1, -0.05) is 30.3 Å². The molecular formula is C17H19N5O3S. The van der Waals surface area contributed by atoms with Crippen LogP contribution in [0.5, 0.6) is 0 Å². The molecule has 8 nitrogen and oxygen atoms in total. The second-order valence-corrected chi connectivity index (χ2v) is 7.02. The first-order valence-corrected chi connectivity index (χ1v) is 9.01. The van der Waals surface area contributed by atoms with Gasteiger partial charge >= 0.3 is 0 Å². The van der Waals surface area contributed by atoms with Gasteiger partial charge in [0.25, 0.3) is 15.9 Å². The highest BCUT2D eigenvalue weighted by atomic mass is 32.2. The van der Waals surface area contributed by atoms with E-state index in [1.807, 2.05) is 0 Å². The SMILES string of the molecule is CC(=Cc1ccc(NNS(=O)(=O)c2ccccc2)cc1)C(=O)N=C(N)N. The number of aliphatic imine (C=N–C) groups is 1. The van der Waals surface area contributed by atoms with E-state index in [-0.39, 0.29) is 10.9 Å². The summed E-state index contributed by atoms with van der Waals surface area (Å²) in [7, 11) is -3.67. The zero-order chi connectivity index (χ0) is 19.2. The first-order valence-electron chi connectivity index (χ1n) is 7.53. The quantitative estimate of drug-likeness (QED) is 0.260. The van der Waals surface area contributed by atoms with E-state index in [1.54, 1.807) is 55.5 Å². The summed E-state index contributed by atoms with van der Waals surface area (Å²) in [4.78, 5) is 17.6. The third-order valence-corrected chi connectivity index (χ3v) is 4.51. The Morgan fingerprint density at radius 1 is 1.04 bits per heavy atom. The van der Waals surface area contributed by atoms with Crippen LogP contribution in [-0.4, -0.2) is 20.3 Å². The van der Waals surface area contributed by atoms with Gasteiger partial charge in [0.2, 0.25) is 0 Å². The van der Waals surface area contributed by atoms with Gasteiger partial charge in [0.05, 0.1) is 4.90 Å². The van der Waals surface area contributed by atoms with Crippen LogP contribution in [0.3, 0.4) is 0 Å². The van der Waals surface area contributed by atoms with Crippen molar-refractivity contribution in [2.75, 3.05) is 5.43 Å². The van der Waals surface area contributed by atoms with E-state index in [0.717, 1.165) is 5.56 Å². The minimum Gasteiger partial charge on any atom is -0.370 e. The minimum atomic E-state index is -3.67. The van der Waals surface area contributed by atoms with E-state index < -0.39 is 15.9 Å². The summed E-state index contributed by atoms with van der Waals surface area (Å²) < 4.78 is 24.3. The molecule has 9 heteroatoms. The molecule has 0 fully saturated rings. The number of carbonyl (C=O) groups excluding carboxylic acids is 1. The maximum atomic E-state index is 12.1. The summed E-state index contributed by atoms with van der Waals surface area (Å²) in [6, 6.07) is 14.8. The number of guanidine groups is 1. The lowest BCUT2D eigenvalue weighted by molar-refractivity contribution is -0.114. The third kappa shape index (κ3) is 5.43. The predicted molar refractivity (Wildman–Crippen MR) is 101 cm³/mol. The lowest BCUT2D eigenvalue weighted by atomic mass is 10.1. The monoisotopic (exact) mass is 373 g/mol. The van der Waals surface area contributed by atoms with Crippen molar-refractivity contribution in [2.24, 2.45) is 16.5 Å². The maximum Gasteiger partial charge on any atom is 0.275 e.